The molecule has 2 aromatic heterocycles. The summed E-state index contributed by atoms with van der Waals surface area (Å²) >= 11 is 1.38. The second-order valence-electron chi connectivity index (χ2n) is 7.83. The van der Waals surface area contributed by atoms with Gasteiger partial charge in [0.1, 0.15) is 22.5 Å². The van der Waals surface area contributed by atoms with Crippen LogP contribution in [0.4, 0.5) is 11.8 Å². The predicted molar refractivity (Wildman–Crippen MR) is 124 cm³/mol. The zero-order chi connectivity index (χ0) is 21.4. The first-order chi connectivity index (χ1) is 14.4. The van der Waals surface area contributed by atoms with E-state index in [0.29, 0.717) is 17.4 Å². The number of H-pyrrole nitrogens is 1. The Labute approximate surface area is 189 Å². The van der Waals surface area contributed by atoms with Crippen molar-refractivity contribution >= 4 is 45.7 Å². The summed E-state index contributed by atoms with van der Waals surface area (Å²) in [6.07, 6.45) is -1.79. The summed E-state index contributed by atoms with van der Waals surface area (Å²) in [5.74, 6) is 0.128. The SMILES string of the molecule is CC(C)Nc1nc(N[C@@H]2C[C@H](CO)[C@@H](O)[C@H]2O)c(-c2nc3ccccc3s2)c(=O)[nH]1.Cl. The molecule has 11 heteroatoms. The van der Waals surface area contributed by atoms with E-state index in [-0.39, 0.29) is 42.0 Å². The van der Waals surface area contributed by atoms with Crippen LogP contribution in [-0.2, 0) is 0 Å². The molecule has 9 nitrogen and oxygen atoms in total. The summed E-state index contributed by atoms with van der Waals surface area (Å²) in [5.41, 5.74) is 0.699. The number of rotatable bonds is 6. The molecular formula is C20H26ClN5O4S. The van der Waals surface area contributed by atoms with E-state index in [1.165, 1.54) is 11.3 Å². The van der Waals surface area contributed by atoms with Crippen LogP contribution in [-0.4, -0.2) is 61.2 Å². The molecule has 1 aromatic carbocycles. The molecule has 2 heterocycles. The van der Waals surface area contributed by atoms with Crippen LogP contribution in [0.1, 0.15) is 20.3 Å². The van der Waals surface area contributed by atoms with Gasteiger partial charge < -0.3 is 26.0 Å². The number of thiazole rings is 1. The number of benzene rings is 1. The fraction of sp³-hybridized carbons (Fsp3) is 0.450. The number of fused-ring (bicyclic) bond motifs is 1. The first-order valence-electron chi connectivity index (χ1n) is 9.87. The van der Waals surface area contributed by atoms with Gasteiger partial charge in [0, 0.05) is 18.6 Å². The number of aromatic nitrogens is 3. The van der Waals surface area contributed by atoms with Gasteiger partial charge in [-0.05, 0) is 32.4 Å². The molecule has 4 rings (SSSR count). The van der Waals surface area contributed by atoms with E-state index in [4.69, 9.17) is 0 Å². The van der Waals surface area contributed by atoms with Crippen LogP contribution in [0.25, 0.3) is 20.8 Å². The van der Waals surface area contributed by atoms with Crippen molar-refractivity contribution in [2.24, 2.45) is 5.92 Å². The Kier molecular flexibility index (Phi) is 7.17. The minimum Gasteiger partial charge on any atom is -0.396 e. The lowest BCUT2D eigenvalue weighted by Gasteiger charge is -2.20. The van der Waals surface area contributed by atoms with Crippen molar-refractivity contribution in [3.63, 3.8) is 0 Å². The highest BCUT2D eigenvalue weighted by atomic mass is 35.5. The van der Waals surface area contributed by atoms with Gasteiger partial charge in [0.15, 0.2) is 0 Å². The molecule has 0 amide bonds. The molecule has 0 saturated heterocycles. The number of anilines is 2. The van der Waals surface area contributed by atoms with Crippen LogP contribution in [0.15, 0.2) is 29.1 Å². The maximum atomic E-state index is 13.0. The molecule has 1 aliphatic carbocycles. The molecule has 0 spiro atoms. The molecule has 1 saturated carbocycles. The molecule has 0 bridgehead atoms. The highest BCUT2D eigenvalue weighted by molar-refractivity contribution is 7.21. The standard InChI is InChI=1S/C20H25N5O4S.ClH/c1-9(2)21-20-24-17(22-12-7-10(8-26)15(27)16(12)28)14(18(29)25-20)19-23-11-5-3-4-6-13(11)30-19;/h3-6,9-10,12,15-16,26-28H,7-8H2,1-2H3,(H3,21,22,24,25,29);1H/t10-,12-,15-,16+;/m1./s1. The minimum absolute atomic E-state index is 0. The molecule has 0 radical (unpaired) electrons. The lowest BCUT2D eigenvalue weighted by atomic mass is 10.1. The topological polar surface area (TPSA) is 143 Å². The van der Waals surface area contributed by atoms with E-state index in [9.17, 15) is 20.1 Å². The molecular weight excluding hydrogens is 442 g/mol. The van der Waals surface area contributed by atoms with Gasteiger partial charge in [-0.3, -0.25) is 9.78 Å². The monoisotopic (exact) mass is 467 g/mol. The summed E-state index contributed by atoms with van der Waals surface area (Å²) in [6, 6.07) is 7.09. The lowest BCUT2D eigenvalue weighted by molar-refractivity contribution is 0.00446. The van der Waals surface area contributed by atoms with Crippen molar-refractivity contribution < 1.29 is 15.3 Å². The van der Waals surface area contributed by atoms with E-state index in [1.807, 2.05) is 38.1 Å². The molecule has 0 unspecified atom stereocenters. The summed E-state index contributed by atoms with van der Waals surface area (Å²) in [4.78, 5) is 24.9. The number of aromatic amines is 1. The van der Waals surface area contributed by atoms with E-state index in [0.717, 1.165) is 10.2 Å². The Morgan fingerprint density at radius 1 is 1.23 bits per heavy atom. The number of hydrogen-bond donors (Lipinski definition) is 6. The van der Waals surface area contributed by atoms with Crippen LogP contribution in [0.2, 0.25) is 0 Å². The van der Waals surface area contributed by atoms with Gasteiger partial charge in [0.25, 0.3) is 5.56 Å². The van der Waals surface area contributed by atoms with E-state index in [1.54, 1.807) is 0 Å². The molecule has 3 aromatic rings. The molecule has 6 N–H and O–H groups in total. The number of hydrogen-bond acceptors (Lipinski definition) is 9. The Morgan fingerprint density at radius 2 is 1.97 bits per heavy atom. The second kappa shape index (κ2) is 9.49. The number of nitrogens with zero attached hydrogens (tertiary/aromatic N) is 2. The normalized spacial score (nSPS) is 23.2. The summed E-state index contributed by atoms with van der Waals surface area (Å²) < 4.78 is 0.943. The number of nitrogens with one attached hydrogen (secondary N) is 3. The smallest absolute Gasteiger partial charge is 0.264 e. The van der Waals surface area contributed by atoms with Crippen molar-refractivity contribution in [1.82, 2.24) is 15.0 Å². The summed E-state index contributed by atoms with van der Waals surface area (Å²) in [7, 11) is 0. The maximum absolute atomic E-state index is 13.0. The molecule has 1 fully saturated rings. The minimum atomic E-state index is -1.09. The Bertz CT molecular complexity index is 1070. The Morgan fingerprint density at radius 3 is 2.61 bits per heavy atom. The van der Waals surface area contributed by atoms with Crippen molar-refractivity contribution in [3.05, 3.63) is 34.6 Å². The van der Waals surface area contributed by atoms with Gasteiger partial charge in [0.2, 0.25) is 5.95 Å². The third kappa shape index (κ3) is 4.68. The van der Waals surface area contributed by atoms with Crippen LogP contribution < -0.4 is 16.2 Å². The molecule has 4 atom stereocenters. The van der Waals surface area contributed by atoms with Gasteiger partial charge in [-0.2, -0.15) is 4.98 Å². The predicted octanol–water partition coefficient (Wildman–Crippen LogP) is 1.80. The Balaban J connectivity index is 0.00000272. The third-order valence-corrected chi connectivity index (χ3v) is 6.26. The van der Waals surface area contributed by atoms with Gasteiger partial charge in [-0.25, -0.2) is 4.98 Å². The second-order valence-corrected chi connectivity index (χ2v) is 8.86. The average Bonchev–Trinajstić information content (AvgIpc) is 3.23. The lowest BCUT2D eigenvalue weighted by Crippen LogP contribution is -2.36. The van der Waals surface area contributed by atoms with Gasteiger partial charge in [0.05, 0.1) is 22.4 Å². The number of aliphatic hydroxyl groups excluding tert-OH is 3. The highest BCUT2D eigenvalue weighted by Crippen LogP contribution is 2.34. The summed E-state index contributed by atoms with van der Waals surface area (Å²) in [6.45, 7) is 3.62. The summed E-state index contributed by atoms with van der Waals surface area (Å²) in [5, 5.41) is 36.7. The van der Waals surface area contributed by atoms with E-state index >= 15 is 0 Å². The van der Waals surface area contributed by atoms with Gasteiger partial charge in [-0.15, -0.1) is 23.7 Å². The molecule has 1 aliphatic rings. The van der Waals surface area contributed by atoms with Gasteiger partial charge >= 0.3 is 0 Å². The molecule has 31 heavy (non-hydrogen) atoms. The zero-order valence-electron chi connectivity index (χ0n) is 17.1. The van der Waals surface area contributed by atoms with Crippen molar-refractivity contribution in [1.29, 1.82) is 0 Å². The number of para-hydroxylation sites is 1. The maximum Gasteiger partial charge on any atom is 0.264 e. The van der Waals surface area contributed by atoms with Gasteiger partial charge in [-0.1, -0.05) is 12.1 Å². The first-order valence-corrected chi connectivity index (χ1v) is 10.7. The Hall–Kier alpha value is -2.24. The van der Waals surface area contributed by atoms with Crippen molar-refractivity contribution in [2.75, 3.05) is 17.2 Å². The largest absolute Gasteiger partial charge is 0.396 e. The van der Waals surface area contributed by atoms with Crippen LogP contribution in [0, 0.1) is 5.92 Å². The molecule has 168 valence electrons. The first kappa shape index (κ1) is 23.4. The van der Waals surface area contributed by atoms with Crippen LogP contribution in [0.3, 0.4) is 0 Å². The third-order valence-electron chi connectivity index (χ3n) is 5.21. The fourth-order valence-corrected chi connectivity index (χ4v) is 4.73. The van der Waals surface area contributed by atoms with Crippen LogP contribution in [0.5, 0.6) is 0 Å². The van der Waals surface area contributed by atoms with Crippen LogP contribution >= 0.6 is 23.7 Å². The number of halogens is 1. The molecule has 0 aliphatic heterocycles. The fourth-order valence-electron chi connectivity index (χ4n) is 3.72. The zero-order valence-corrected chi connectivity index (χ0v) is 18.7. The van der Waals surface area contributed by atoms with E-state index < -0.39 is 24.2 Å². The van der Waals surface area contributed by atoms with Crippen molar-refractivity contribution in [2.45, 2.75) is 44.6 Å². The highest BCUT2D eigenvalue weighted by Gasteiger charge is 2.41. The quantitative estimate of drug-likeness (QED) is 0.322. The van der Waals surface area contributed by atoms with E-state index in [2.05, 4.69) is 25.6 Å². The number of aliphatic hydroxyl groups is 3. The average molecular weight is 468 g/mol. The van der Waals surface area contributed by atoms with Crippen molar-refractivity contribution in [3.8, 4) is 10.6 Å².